The van der Waals surface area contributed by atoms with Gasteiger partial charge in [-0.15, -0.1) is 0 Å². The van der Waals surface area contributed by atoms with Crippen LogP contribution >= 0.6 is 42.1 Å². The first-order valence-electron chi connectivity index (χ1n) is 7.10. The van der Waals surface area contributed by atoms with Crippen LogP contribution in [0.2, 0.25) is 0 Å². The largest absolute Gasteiger partial charge is 0.339 e. The fraction of sp³-hybridized carbons (Fsp3) is 1.00. The van der Waals surface area contributed by atoms with Crippen LogP contribution in [0.25, 0.3) is 0 Å². The summed E-state index contributed by atoms with van der Waals surface area (Å²) in [7, 11) is -19.0. The predicted molar refractivity (Wildman–Crippen MR) is 96.2 cm³/mol. The second-order valence-corrected chi connectivity index (χ2v) is 13.6. The highest BCUT2D eigenvalue weighted by molar-refractivity contribution is 7.99. The van der Waals surface area contributed by atoms with E-state index in [1.807, 2.05) is 0 Å². The van der Waals surface area contributed by atoms with Crippen molar-refractivity contribution in [2.24, 2.45) is 0 Å². The number of nitrogens with zero attached hydrogens (tertiary/aromatic N) is 2. The zero-order chi connectivity index (χ0) is 21.3. The Labute approximate surface area is 158 Å². The van der Waals surface area contributed by atoms with E-state index in [-0.39, 0.29) is 11.5 Å². The molecule has 1 aliphatic heterocycles. The minimum Gasteiger partial charge on any atom is -0.324 e. The lowest BCUT2D eigenvalue weighted by atomic mass is 10.1. The summed E-state index contributed by atoms with van der Waals surface area (Å²) in [6.45, 7) is 0. The third-order valence-electron chi connectivity index (χ3n) is 3.42. The Morgan fingerprint density at radius 1 is 0.593 bits per heavy atom. The van der Waals surface area contributed by atoms with Gasteiger partial charge in [-0.2, -0.15) is 11.8 Å². The standard InChI is InChI=1S/C8H22N2O12P4S/c11-23(12,13)3-9(4-24(14,15)16)7-1-27-2-8(7)10(5-25(17,18)19)6-26(20,21)22/h7-8H,1-6H2,(H2,11,12,13)(H2,14,15,16)(H2,17,18,19)(H2,20,21,22). The Balaban J connectivity index is 3.20. The Kier molecular flexibility index (Phi) is 8.97. The SMILES string of the molecule is O=P(O)(O)CN(CP(=O)(O)O)C1CSCC1N(CP(=O)(O)O)CP(=O)(O)O. The maximum absolute atomic E-state index is 11.3. The highest BCUT2D eigenvalue weighted by Gasteiger charge is 2.43. The van der Waals surface area contributed by atoms with E-state index in [1.165, 1.54) is 0 Å². The van der Waals surface area contributed by atoms with Crippen molar-refractivity contribution in [3.05, 3.63) is 0 Å². The molecule has 0 amide bonds. The van der Waals surface area contributed by atoms with Gasteiger partial charge >= 0.3 is 30.4 Å². The first kappa shape index (κ1) is 25.9. The number of hydrogen-bond donors (Lipinski definition) is 8. The maximum Gasteiger partial charge on any atom is 0.339 e. The molecular weight excluding hydrogens is 472 g/mol. The van der Waals surface area contributed by atoms with E-state index >= 15 is 0 Å². The van der Waals surface area contributed by atoms with E-state index < -0.39 is 67.6 Å². The molecule has 19 heteroatoms. The van der Waals surface area contributed by atoms with Gasteiger partial charge < -0.3 is 39.1 Å². The van der Waals surface area contributed by atoms with E-state index in [0.717, 1.165) is 21.6 Å². The summed E-state index contributed by atoms with van der Waals surface area (Å²) in [6, 6.07) is -2.01. The average molecular weight is 494 g/mol. The molecule has 0 aromatic carbocycles. The van der Waals surface area contributed by atoms with Gasteiger partial charge in [0.05, 0.1) is 0 Å². The summed E-state index contributed by atoms with van der Waals surface area (Å²) in [6.07, 6.45) is -4.11. The van der Waals surface area contributed by atoms with Gasteiger partial charge in [0.2, 0.25) is 0 Å². The molecule has 14 nitrogen and oxygen atoms in total. The van der Waals surface area contributed by atoms with E-state index in [9.17, 15) is 57.4 Å². The maximum atomic E-state index is 11.3. The van der Waals surface area contributed by atoms with Gasteiger partial charge in [0.25, 0.3) is 0 Å². The van der Waals surface area contributed by atoms with Gasteiger partial charge in [-0.25, -0.2) is 0 Å². The molecule has 0 saturated carbocycles. The molecule has 2 unspecified atom stereocenters. The monoisotopic (exact) mass is 494 g/mol. The molecule has 0 aromatic rings. The van der Waals surface area contributed by atoms with Crippen molar-refractivity contribution in [1.29, 1.82) is 0 Å². The summed E-state index contributed by atoms with van der Waals surface area (Å²) < 4.78 is 45.4. The molecule has 8 N–H and O–H groups in total. The van der Waals surface area contributed by atoms with Crippen LogP contribution < -0.4 is 0 Å². The first-order valence-corrected chi connectivity index (χ1v) is 15.4. The van der Waals surface area contributed by atoms with Crippen molar-refractivity contribution in [3.63, 3.8) is 0 Å². The molecule has 1 aliphatic rings. The van der Waals surface area contributed by atoms with Crippen LogP contribution in [0.3, 0.4) is 0 Å². The average Bonchev–Trinajstić information content (AvgIpc) is 2.78. The predicted octanol–water partition coefficient (Wildman–Crippen LogP) is -1.38. The normalized spacial score (nSPS) is 22.7. The van der Waals surface area contributed by atoms with Crippen LogP contribution in [0.4, 0.5) is 0 Å². The number of rotatable bonds is 10. The second-order valence-electron chi connectivity index (χ2n) is 6.07. The fourth-order valence-electron chi connectivity index (χ4n) is 2.68. The van der Waals surface area contributed by atoms with E-state index in [4.69, 9.17) is 0 Å². The van der Waals surface area contributed by atoms with Crippen LogP contribution in [0, 0.1) is 0 Å². The molecule has 2 atom stereocenters. The first-order chi connectivity index (χ1) is 11.9. The molecule has 162 valence electrons. The van der Waals surface area contributed by atoms with Gasteiger partial charge in [-0.05, 0) is 0 Å². The topological polar surface area (TPSA) is 237 Å². The second kappa shape index (κ2) is 9.34. The lowest BCUT2D eigenvalue weighted by Crippen LogP contribution is -2.52. The Bertz CT molecular complexity index is 592. The smallest absolute Gasteiger partial charge is 0.324 e. The molecule has 1 saturated heterocycles. The van der Waals surface area contributed by atoms with Crippen LogP contribution in [-0.4, -0.2) is 97.7 Å². The molecule has 27 heavy (non-hydrogen) atoms. The van der Waals surface area contributed by atoms with Gasteiger partial charge in [0.1, 0.15) is 25.1 Å². The summed E-state index contributed by atoms with van der Waals surface area (Å²) in [4.78, 5) is 75.1. The van der Waals surface area contributed by atoms with E-state index in [0.29, 0.717) is 0 Å². The lowest BCUT2D eigenvalue weighted by molar-refractivity contribution is 0.138. The molecule has 1 rings (SSSR count). The molecule has 0 aliphatic carbocycles. The van der Waals surface area contributed by atoms with Crippen molar-refractivity contribution in [3.8, 4) is 0 Å². The van der Waals surface area contributed by atoms with E-state index in [2.05, 4.69) is 0 Å². The van der Waals surface area contributed by atoms with Crippen LogP contribution in [0.15, 0.2) is 0 Å². The minimum atomic E-state index is -4.75. The van der Waals surface area contributed by atoms with Crippen molar-refractivity contribution in [1.82, 2.24) is 9.80 Å². The molecule has 0 radical (unpaired) electrons. The highest BCUT2D eigenvalue weighted by atomic mass is 32.2. The quantitative estimate of drug-likeness (QED) is 0.163. The van der Waals surface area contributed by atoms with Crippen LogP contribution in [0.5, 0.6) is 0 Å². The van der Waals surface area contributed by atoms with E-state index in [1.54, 1.807) is 0 Å². The van der Waals surface area contributed by atoms with Crippen LogP contribution in [0.1, 0.15) is 0 Å². The summed E-state index contributed by atoms with van der Waals surface area (Å²) in [5, 5.41) is 0. The van der Waals surface area contributed by atoms with Crippen molar-refractivity contribution in [2.75, 3.05) is 36.6 Å². The van der Waals surface area contributed by atoms with Crippen LogP contribution in [-0.2, 0) is 18.3 Å². The van der Waals surface area contributed by atoms with Gasteiger partial charge in [0, 0.05) is 23.6 Å². The zero-order valence-electron chi connectivity index (χ0n) is 13.7. The Morgan fingerprint density at radius 2 is 0.815 bits per heavy atom. The fourth-order valence-corrected chi connectivity index (χ4v) is 7.62. The van der Waals surface area contributed by atoms with Crippen molar-refractivity contribution < 1.29 is 57.4 Å². The Morgan fingerprint density at radius 3 is 1.00 bits per heavy atom. The summed E-state index contributed by atoms with van der Waals surface area (Å²) in [5.41, 5.74) is 0. The summed E-state index contributed by atoms with van der Waals surface area (Å²) >= 11 is 1.16. The van der Waals surface area contributed by atoms with Crippen molar-refractivity contribution in [2.45, 2.75) is 12.1 Å². The van der Waals surface area contributed by atoms with Gasteiger partial charge in [-0.1, -0.05) is 0 Å². The summed E-state index contributed by atoms with van der Waals surface area (Å²) in [5.74, 6) is 0.174. The highest BCUT2D eigenvalue weighted by Crippen LogP contribution is 2.47. The minimum absolute atomic E-state index is 0.0868. The molecule has 0 bridgehead atoms. The number of hydrogen-bond acceptors (Lipinski definition) is 7. The van der Waals surface area contributed by atoms with Gasteiger partial charge in [-0.3, -0.25) is 28.1 Å². The lowest BCUT2D eigenvalue weighted by Gasteiger charge is -2.38. The molecule has 0 spiro atoms. The Hall–Kier alpha value is 0.870. The molecule has 1 heterocycles. The third kappa shape index (κ3) is 11.0. The number of thioether (sulfide) groups is 1. The zero-order valence-corrected chi connectivity index (χ0v) is 18.1. The van der Waals surface area contributed by atoms with Crippen molar-refractivity contribution >= 4 is 42.1 Å². The third-order valence-corrected chi connectivity index (χ3v) is 7.50. The molecule has 0 aromatic heterocycles. The molecular formula is C8H22N2O12P4S. The van der Waals surface area contributed by atoms with Gasteiger partial charge in [0.15, 0.2) is 0 Å². The molecule has 1 fully saturated rings.